The number of allylic oxidation sites excluding steroid dienone is 1. The van der Waals surface area contributed by atoms with Gasteiger partial charge in [0.05, 0.1) is 29.6 Å². The Morgan fingerprint density at radius 1 is 1.10 bits per heavy atom. The number of alkyl halides is 3. The molecule has 1 aromatic heterocycles. The first-order valence-electron chi connectivity index (χ1n) is 8.41. The summed E-state index contributed by atoms with van der Waals surface area (Å²) >= 11 is 0. The molecule has 3 rings (SSSR count). The maximum atomic E-state index is 14.1. The summed E-state index contributed by atoms with van der Waals surface area (Å²) in [5, 5.41) is 13.8. The first-order chi connectivity index (χ1) is 13.7. The van der Waals surface area contributed by atoms with E-state index in [0.29, 0.717) is 11.5 Å². The minimum atomic E-state index is -4.82. The fourth-order valence-corrected chi connectivity index (χ4v) is 2.88. The number of halogens is 4. The van der Waals surface area contributed by atoms with E-state index in [9.17, 15) is 27.2 Å². The molecule has 2 aromatic carbocycles. The van der Waals surface area contributed by atoms with Crippen molar-refractivity contribution in [3.8, 4) is 0 Å². The van der Waals surface area contributed by atoms with Crippen molar-refractivity contribution in [1.29, 1.82) is 0 Å². The summed E-state index contributed by atoms with van der Waals surface area (Å²) in [6.45, 7) is -0.175. The third kappa shape index (κ3) is 4.34. The van der Waals surface area contributed by atoms with Gasteiger partial charge in [0.2, 0.25) is 0 Å². The molecule has 3 aromatic rings. The van der Waals surface area contributed by atoms with Gasteiger partial charge in [-0.25, -0.2) is 9.07 Å². The van der Waals surface area contributed by atoms with Crippen LogP contribution in [0.2, 0.25) is 0 Å². The lowest BCUT2D eigenvalue weighted by molar-refractivity contribution is -0.140. The Morgan fingerprint density at radius 2 is 1.79 bits per heavy atom. The molecule has 0 radical (unpaired) electrons. The van der Waals surface area contributed by atoms with Crippen LogP contribution >= 0.6 is 0 Å². The van der Waals surface area contributed by atoms with Gasteiger partial charge in [-0.3, -0.25) is 9.59 Å². The van der Waals surface area contributed by atoms with Crippen molar-refractivity contribution in [3.63, 3.8) is 0 Å². The molecule has 29 heavy (non-hydrogen) atoms. The van der Waals surface area contributed by atoms with Crippen molar-refractivity contribution < 1.29 is 27.5 Å². The van der Waals surface area contributed by atoms with E-state index in [2.05, 4.69) is 5.10 Å². The first-order valence-corrected chi connectivity index (χ1v) is 8.41. The highest BCUT2D eigenvalue weighted by Gasteiger charge is 2.34. The fourth-order valence-electron chi connectivity index (χ4n) is 2.88. The summed E-state index contributed by atoms with van der Waals surface area (Å²) in [6.07, 6.45) is -2.83. The summed E-state index contributed by atoms with van der Waals surface area (Å²) in [7, 11) is 0. The van der Waals surface area contributed by atoms with Crippen LogP contribution in [0.15, 0.2) is 53.3 Å². The zero-order valence-corrected chi connectivity index (χ0v) is 14.8. The zero-order valence-electron chi connectivity index (χ0n) is 14.8. The Hall–Kier alpha value is -3.49. The molecule has 0 aliphatic heterocycles. The number of carboxylic acid groups (broad SMARTS) is 1. The molecular weight excluding hydrogens is 392 g/mol. The summed E-state index contributed by atoms with van der Waals surface area (Å²) in [4.78, 5) is 23.6. The van der Waals surface area contributed by atoms with Crippen LogP contribution in [0.3, 0.4) is 0 Å². The minimum Gasteiger partial charge on any atom is -0.481 e. The standard InChI is InChI=1S/C20H14F4N2O3/c21-18-12(5-3-9-15(18)20(22,23)24)6-4-10-26-19(29)14-8-2-1-7-13(14)16(25-26)11-17(27)28/h1-9H,10-11H2,(H,27,28). The highest BCUT2D eigenvalue weighted by Crippen LogP contribution is 2.32. The number of fused-ring (bicyclic) bond motifs is 1. The van der Waals surface area contributed by atoms with E-state index in [0.717, 1.165) is 16.8 Å². The van der Waals surface area contributed by atoms with Crippen LogP contribution in [0.5, 0.6) is 0 Å². The van der Waals surface area contributed by atoms with E-state index in [-0.39, 0.29) is 23.2 Å². The molecule has 0 spiro atoms. The van der Waals surface area contributed by atoms with Gasteiger partial charge in [-0.1, -0.05) is 42.5 Å². The second-order valence-electron chi connectivity index (χ2n) is 6.16. The summed E-state index contributed by atoms with van der Waals surface area (Å²) in [5.41, 5.74) is -2.00. The van der Waals surface area contributed by atoms with E-state index >= 15 is 0 Å². The van der Waals surface area contributed by atoms with Gasteiger partial charge in [0.25, 0.3) is 5.56 Å². The molecule has 1 N–H and O–H groups in total. The van der Waals surface area contributed by atoms with Gasteiger partial charge in [-0.2, -0.15) is 18.3 Å². The van der Waals surface area contributed by atoms with Gasteiger partial charge in [-0.15, -0.1) is 0 Å². The average molecular weight is 406 g/mol. The number of rotatable bonds is 5. The Kier molecular flexibility index (Phi) is 5.49. The second-order valence-corrected chi connectivity index (χ2v) is 6.16. The molecule has 1 heterocycles. The number of hydrogen-bond acceptors (Lipinski definition) is 3. The van der Waals surface area contributed by atoms with Crippen LogP contribution in [0.25, 0.3) is 16.8 Å². The molecule has 0 aliphatic rings. The number of nitrogens with zero attached hydrogens (tertiary/aromatic N) is 2. The van der Waals surface area contributed by atoms with Crippen LogP contribution in [0.1, 0.15) is 16.8 Å². The van der Waals surface area contributed by atoms with Gasteiger partial charge >= 0.3 is 12.1 Å². The van der Waals surface area contributed by atoms with E-state index in [1.165, 1.54) is 18.2 Å². The molecule has 0 aliphatic carbocycles. The maximum absolute atomic E-state index is 14.1. The third-order valence-electron chi connectivity index (χ3n) is 4.17. The van der Waals surface area contributed by atoms with Crippen molar-refractivity contribution in [2.45, 2.75) is 19.1 Å². The molecule has 150 valence electrons. The molecule has 5 nitrogen and oxygen atoms in total. The Morgan fingerprint density at radius 3 is 2.45 bits per heavy atom. The molecular formula is C20H14F4N2O3. The number of aromatic nitrogens is 2. The summed E-state index contributed by atoms with van der Waals surface area (Å²) in [6, 6.07) is 9.27. The SMILES string of the molecule is O=C(O)Cc1nn(CC=Cc2cccc(C(F)(F)F)c2F)c(=O)c2ccccc12. The predicted molar refractivity (Wildman–Crippen MR) is 97.8 cm³/mol. The highest BCUT2D eigenvalue weighted by molar-refractivity contribution is 5.86. The summed E-state index contributed by atoms with van der Waals surface area (Å²) in [5.74, 6) is -2.55. The topological polar surface area (TPSA) is 72.2 Å². The minimum absolute atomic E-state index is 0.173. The van der Waals surface area contributed by atoms with Crippen molar-refractivity contribution in [1.82, 2.24) is 9.78 Å². The van der Waals surface area contributed by atoms with Crippen molar-refractivity contribution >= 4 is 22.8 Å². The number of carboxylic acids is 1. The number of aliphatic carboxylic acids is 1. The number of benzene rings is 2. The lowest BCUT2D eigenvalue weighted by Crippen LogP contribution is -2.25. The molecule has 0 unspecified atom stereocenters. The quantitative estimate of drug-likeness (QED) is 0.653. The summed E-state index contributed by atoms with van der Waals surface area (Å²) < 4.78 is 53.5. The molecule has 0 saturated heterocycles. The Bertz CT molecular complexity index is 1170. The smallest absolute Gasteiger partial charge is 0.419 e. The van der Waals surface area contributed by atoms with Gasteiger partial charge in [0.15, 0.2) is 0 Å². The van der Waals surface area contributed by atoms with E-state index in [1.807, 2.05) is 0 Å². The lowest BCUT2D eigenvalue weighted by Gasteiger charge is -2.10. The highest BCUT2D eigenvalue weighted by atomic mass is 19.4. The fraction of sp³-hybridized carbons (Fsp3) is 0.150. The Labute approximate surface area is 161 Å². The predicted octanol–water partition coefficient (Wildman–Crippen LogP) is 3.89. The molecule has 0 bridgehead atoms. The van der Waals surface area contributed by atoms with Crippen molar-refractivity contribution in [2.75, 3.05) is 0 Å². The normalized spacial score (nSPS) is 12.0. The second kappa shape index (κ2) is 7.86. The van der Waals surface area contributed by atoms with Crippen LogP contribution in [0.4, 0.5) is 17.6 Å². The lowest BCUT2D eigenvalue weighted by atomic mass is 10.1. The molecule has 0 atom stereocenters. The molecule has 0 amide bonds. The van der Waals surface area contributed by atoms with Crippen LogP contribution < -0.4 is 5.56 Å². The van der Waals surface area contributed by atoms with Crippen LogP contribution in [-0.2, 0) is 23.9 Å². The van der Waals surface area contributed by atoms with E-state index in [4.69, 9.17) is 5.11 Å². The van der Waals surface area contributed by atoms with Gasteiger partial charge < -0.3 is 5.11 Å². The monoisotopic (exact) mass is 406 g/mol. The average Bonchev–Trinajstić information content (AvgIpc) is 2.65. The third-order valence-corrected chi connectivity index (χ3v) is 4.17. The first kappa shape index (κ1) is 20.2. The zero-order chi connectivity index (χ0) is 21.2. The van der Waals surface area contributed by atoms with Crippen LogP contribution in [-0.4, -0.2) is 20.9 Å². The van der Waals surface area contributed by atoms with E-state index in [1.54, 1.807) is 18.2 Å². The number of carbonyl (C=O) groups is 1. The molecule has 0 fully saturated rings. The Balaban J connectivity index is 1.96. The number of hydrogen-bond donors (Lipinski definition) is 1. The maximum Gasteiger partial charge on any atom is 0.419 e. The van der Waals surface area contributed by atoms with Gasteiger partial charge in [0.1, 0.15) is 5.82 Å². The van der Waals surface area contributed by atoms with Crippen LogP contribution in [0, 0.1) is 5.82 Å². The van der Waals surface area contributed by atoms with Crippen molar-refractivity contribution in [3.05, 3.63) is 81.5 Å². The van der Waals surface area contributed by atoms with Gasteiger partial charge in [-0.05, 0) is 12.1 Å². The van der Waals surface area contributed by atoms with E-state index < -0.39 is 35.5 Å². The van der Waals surface area contributed by atoms with Gasteiger partial charge in [0, 0.05) is 10.9 Å². The largest absolute Gasteiger partial charge is 0.481 e. The molecule has 0 saturated carbocycles. The van der Waals surface area contributed by atoms with Crippen molar-refractivity contribution in [2.24, 2.45) is 0 Å². The molecule has 9 heteroatoms.